The highest BCUT2D eigenvalue weighted by atomic mass is 35.5. The van der Waals surface area contributed by atoms with Crippen molar-refractivity contribution in [2.45, 2.75) is 9.79 Å². The van der Waals surface area contributed by atoms with Crippen LogP contribution >= 0.6 is 23.2 Å². The fourth-order valence-electron chi connectivity index (χ4n) is 2.00. The van der Waals surface area contributed by atoms with Gasteiger partial charge in [0.15, 0.2) is 4.90 Å². The van der Waals surface area contributed by atoms with Crippen molar-refractivity contribution in [3.8, 4) is 0 Å². The number of rotatable bonds is 2. The zero-order valence-electron chi connectivity index (χ0n) is 10.9. The average molecular weight is 355 g/mol. The predicted octanol–water partition coefficient (Wildman–Crippen LogP) is 3.93. The van der Waals surface area contributed by atoms with Crippen LogP contribution in [-0.4, -0.2) is 8.42 Å². The molecule has 0 fully saturated rings. The lowest BCUT2D eigenvalue weighted by Crippen LogP contribution is -2.14. The van der Waals surface area contributed by atoms with Gasteiger partial charge in [-0.15, -0.1) is 0 Å². The molecule has 0 aliphatic rings. The molecular weight excluding hydrogens is 347 g/mol. The van der Waals surface area contributed by atoms with Gasteiger partial charge >= 0.3 is 5.63 Å². The average Bonchev–Trinajstić information content (AvgIpc) is 2.47. The van der Waals surface area contributed by atoms with E-state index in [0.29, 0.717) is 15.4 Å². The van der Waals surface area contributed by atoms with Crippen LogP contribution in [0.15, 0.2) is 67.5 Å². The molecule has 112 valence electrons. The van der Waals surface area contributed by atoms with Crippen molar-refractivity contribution in [1.82, 2.24) is 0 Å². The molecule has 4 nitrogen and oxygen atoms in total. The fraction of sp³-hybridized carbons (Fsp3) is 0. The Hall–Kier alpha value is -1.82. The molecule has 0 saturated heterocycles. The number of hydrogen-bond acceptors (Lipinski definition) is 4. The van der Waals surface area contributed by atoms with E-state index in [1.54, 1.807) is 6.07 Å². The van der Waals surface area contributed by atoms with Crippen molar-refractivity contribution in [3.63, 3.8) is 0 Å². The summed E-state index contributed by atoms with van der Waals surface area (Å²) >= 11 is 11.6. The molecule has 0 aliphatic heterocycles. The first-order chi connectivity index (χ1) is 10.4. The molecule has 1 aromatic heterocycles. The maximum atomic E-state index is 12.6. The zero-order valence-corrected chi connectivity index (χ0v) is 13.2. The normalized spacial score (nSPS) is 11.7. The molecule has 0 aliphatic carbocycles. The molecule has 22 heavy (non-hydrogen) atoms. The Morgan fingerprint density at radius 2 is 1.50 bits per heavy atom. The zero-order chi connectivity index (χ0) is 15.9. The second kappa shape index (κ2) is 5.43. The van der Waals surface area contributed by atoms with Gasteiger partial charge in [0.1, 0.15) is 5.58 Å². The number of halogens is 2. The van der Waals surface area contributed by atoms with Gasteiger partial charge in [0, 0.05) is 15.4 Å². The van der Waals surface area contributed by atoms with Crippen LogP contribution in [0.3, 0.4) is 0 Å². The minimum atomic E-state index is -4.00. The SMILES string of the molecule is O=c1oc2ccc(Cl)cc2cc1S(=O)(=O)c1ccc(Cl)cc1. The van der Waals surface area contributed by atoms with E-state index in [9.17, 15) is 13.2 Å². The maximum absolute atomic E-state index is 12.6. The van der Waals surface area contributed by atoms with Crippen molar-refractivity contribution in [2.24, 2.45) is 0 Å². The molecule has 3 aromatic rings. The molecular formula is C15H8Cl2O4S. The molecule has 0 spiro atoms. The monoisotopic (exact) mass is 354 g/mol. The fourth-order valence-corrected chi connectivity index (χ4v) is 3.60. The summed E-state index contributed by atoms with van der Waals surface area (Å²) in [5.74, 6) is 0. The van der Waals surface area contributed by atoms with Crippen molar-refractivity contribution in [1.29, 1.82) is 0 Å². The Bertz CT molecular complexity index is 1020. The van der Waals surface area contributed by atoms with Gasteiger partial charge in [-0.05, 0) is 48.5 Å². The molecule has 0 amide bonds. The second-order valence-corrected chi connectivity index (χ2v) is 7.33. The highest BCUT2D eigenvalue weighted by Gasteiger charge is 2.23. The molecule has 1 heterocycles. The largest absolute Gasteiger partial charge is 0.422 e. The molecule has 0 atom stereocenters. The first-order valence-electron chi connectivity index (χ1n) is 6.12. The van der Waals surface area contributed by atoms with Crippen molar-refractivity contribution in [3.05, 3.63) is 69.0 Å². The lowest BCUT2D eigenvalue weighted by molar-refractivity contribution is 0.532. The maximum Gasteiger partial charge on any atom is 0.355 e. The van der Waals surface area contributed by atoms with Crippen LogP contribution < -0.4 is 5.63 Å². The van der Waals surface area contributed by atoms with Gasteiger partial charge in [-0.1, -0.05) is 23.2 Å². The summed E-state index contributed by atoms with van der Waals surface area (Å²) in [7, 11) is -4.00. The number of benzene rings is 2. The molecule has 3 rings (SSSR count). The van der Waals surface area contributed by atoms with Crippen molar-refractivity contribution >= 4 is 44.0 Å². The molecule has 0 radical (unpaired) electrons. The van der Waals surface area contributed by atoms with Gasteiger partial charge in [0.2, 0.25) is 9.84 Å². The number of sulfone groups is 1. The van der Waals surface area contributed by atoms with Crippen LogP contribution in [-0.2, 0) is 9.84 Å². The Kier molecular flexibility index (Phi) is 3.72. The minimum absolute atomic E-state index is 0.0365. The van der Waals surface area contributed by atoms with Gasteiger partial charge in [0.25, 0.3) is 0 Å². The summed E-state index contributed by atoms with van der Waals surface area (Å²) in [6.45, 7) is 0. The summed E-state index contributed by atoms with van der Waals surface area (Å²) < 4.78 is 30.2. The third kappa shape index (κ3) is 2.63. The van der Waals surface area contributed by atoms with E-state index >= 15 is 0 Å². The summed E-state index contributed by atoms with van der Waals surface area (Å²) in [6, 6.07) is 11.4. The van der Waals surface area contributed by atoms with E-state index < -0.39 is 20.4 Å². The molecule has 2 aromatic carbocycles. The van der Waals surface area contributed by atoms with Crippen LogP contribution in [0.2, 0.25) is 10.0 Å². The number of fused-ring (bicyclic) bond motifs is 1. The third-order valence-electron chi connectivity index (χ3n) is 3.08. The van der Waals surface area contributed by atoms with Gasteiger partial charge in [-0.3, -0.25) is 0 Å². The quantitative estimate of drug-likeness (QED) is 0.654. The predicted molar refractivity (Wildman–Crippen MR) is 84.4 cm³/mol. The molecule has 0 unspecified atom stereocenters. The molecule has 0 saturated carbocycles. The van der Waals surface area contributed by atoms with Crippen molar-refractivity contribution < 1.29 is 12.8 Å². The van der Waals surface area contributed by atoms with Crippen LogP contribution in [0.1, 0.15) is 0 Å². The van der Waals surface area contributed by atoms with E-state index in [0.717, 1.165) is 0 Å². The molecule has 0 bridgehead atoms. The van der Waals surface area contributed by atoms with Crippen LogP contribution in [0.4, 0.5) is 0 Å². The Morgan fingerprint density at radius 3 is 2.18 bits per heavy atom. The van der Waals surface area contributed by atoms with Gasteiger partial charge in [0.05, 0.1) is 4.90 Å². The van der Waals surface area contributed by atoms with Crippen LogP contribution in [0.25, 0.3) is 11.0 Å². The summed E-state index contributed by atoms with van der Waals surface area (Å²) in [6.07, 6.45) is 0. The summed E-state index contributed by atoms with van der Waals surface area (Å²) in [4.78, 5) is 11.5. The second-order valence-electron chi connectivity index (χ2n) is 4.54. The Balaban J connectivity index is 2.26. The summed E-state index contributed by atoms with van der Waals surface area (Å²) in [5.41, 5.74) is -0.658. The standard InChI is InChI=1S/C15H8Cl2O4S/c16-10-1-4-12(5-2-10)22(19,20)14-8-9-7-11(17)3-6-13(9)21-15(14)18/h1-8H. The molecule has 0 N–H and O–H groups in total. The van der Waals surface area contributed by atoms with Gasteiger partial charge < -0.3 is 4.42 Å². The van der Waals surface area contributed by atoms with Crippen LogP contribution in [0.5, 0.6) is 0 Å². The van der Waals surface area contributed by atoms with E-state index in [2.05, 4.69) is 0 Å². The van der Waals surface area contributed by atoms with E-state index in [1.807, 2.05) is 0 Å². The van der Waals surface area contributed by atoms with E-state index in [4.69, 9.17) is 27.6 Å². The summed E-state index contributed by atoms with van der Waals surface area (Å²) in [5, 5.41) is 1.24. The lowest BCUT2D eigenvalue weighted by atomic mass is 10.2. The Morgan fingerprint density at radius 1 is 0.864 bits per heavy atom. The van der Waals surface area contributed by atoms with E-state index in [-0.39, 0.29) is 10.5 Å². The highest BCUT2D eigenvalue weighted by Crippen LogP contribution is 2.24. The minimum Gasteiger partial charge on any atom is -0.422 e. The first kappa shape index (κ1) is 15.1. The van der Waals surface area contributed by atoms with Gasteiger partial charge in [-0.2, -0.15) is 0 Å². The lowest BCUT2D eigenvalue weighted by Gasteiger charge is -2.05. The number of hydrogen-bond donors (Lipinski definition) is 0. The highest BCUT2D eigenvalue weighted by molar-refractivity contribution is 7.91. The first-order valence-corrected chi connectivity index (χ1v) is 8.36. The van der Waals surface area contributed by atoms with Crippen molar-refractivity contribution in [2.75, 3.05) is 0 Å². The smallest absolute Gasteiger partial charge is 0.355 e. The van der Waals surface area contributed by atoms with Crippen LogP contribution in [0, 0.1) is 0 Å². The topological polar surface area (TPSA) is 64.3 Å². The Labute approximate surface area is 135 Å². The third-order valence-corrected chi connectivity index (χ3v) is 5.32. The van der Waals surface area contributed by atoms with E-state index in [1.165, 1.54) is 42.5 Å². The molecule has 7 heteroatoms. The van der Waals surface area contributed by atoms with Gasteiger partial charge in [-0.25, -0.2) is 13.2 Å².